The van der Waals surface area contributed by atoms with E-state index in [-0.39, 0.29) is 17.9 Å². The van der Waals surface area contributed by atoms with E-state index >= 15 is 0 Å². The van der Waals surface area contributed by atoms with E-state index in [4.69, 9.17) is 0 Å². The highest BCUT2D eigenvalue weighted by atomic mass is 32.1. The van der Waals surface area contributed by atoms with Crippen LogP contribution in [0, 0.1) is 11.8 Å². The minimum atomic E-state index is -0.185. The molecule has 0 aliphatic carbocycles. The summed E-state index contributed by atoms with van der Waals surface area (Å²) in [7, 11) is 0. The molecule has 4 heterocycles. The molecule has 3 unspecified atom stereocenters. The maximum Gasteiger partial charge on any atom is 0.242 e. The summed E-state index contributed by atoms with van der Waals surface area (Å²) >= 11 is 1.42. The Hall–Kier alpha value is -1.74. The van der Waals surface area contributed by atoms with Crippen LogP contribution in [0.4, 0.5) is 10.3 Å². The summed E-state index contributed by atoms with van der Waals surface area (Å²) in [6, 6.07) is -0.185. The predicted molar refractivity (Wildman–Crippen MR) is 119 cm³/mol. The second-order valence-electron chi connectivity index (χ2n) is 9.22. The molecule has 8 nitrogen and oxygen atoms in total. The molecule has 2 amide bonds. The number of nitrogens with one attached hydrogen (secondary N) is 1. The average molecular weight is 435 g/mol. The number of amides is 2. The Morgan fingerprint density at radius 3 is 2.63 bits per heavy atom. The molecule has 3 saturated heterocycles. The van der Waals surface area contributed by atoms with Crippen LogP contribution >= 0.6 is 11.3 Å². The lowest BCUT2D eigenvalue weighted by molar-refractivity contribution is -0.122. The van der Waals surface area contributed by atoms with Crippen molar-refractivity contribution in [2.75, 3.05) is 49.1 Å². The largest absolute Gasteiger partial charge is 0.354 e. The molecule has 4 rings (SSSR count). The first-order valence-corrected chi connectivity index (χ1v) is 12.2. The third kappa shape index (κ3) is 4.94. The molecule has 3 atom stereocenters. The SMILES string of the molecule is CC1CC(C)CN(CCCNC(=O)C2CCCN2c2nnc(N3CCCC3=O)s2)C1. The van der Waals surface area contributed by atoms with Crippen molar-refractivity contribution in [3.8, 4) is 0 Å². The van der Waals surface area contributed by atoms with Crippen LogP contribution in [0.15, 0.2) is 0 Å². The lowest BCUT2D eigenvalue weighted by atomic mass is 9.92. The molecule has 9 heteroatoms. The van der Waals surface area contributed by atoms with Gasteiger partial charge in [-0.25, -0.2) is 0 Å². The van der Waals surface area contributed by atoms with Crippen molar-refractivity contribution >= 4 is 33.4 Å². The topological polar surface area (TPSA) is 81.7 Å². The Morgan fingerprint density at radius 2 is 1.90 bits per heavy atom. The monoisotopic (exact) mass is 434 g/mol. The summed E-state index contributed by atoms with van der Waals surface area (Å²) in [6.45, 7) is 10.3. The van der Waals surface area contributed by atoms with E-state index < -0.39 is 0 Å². The summed E-state index contributed by atoms with van der Waals surface area (Å²) in [5, 5.41) is 13.1. The molecule has 3 aliphatic rings. The normalized spacial score (nSPS) is 27.8. The second-order valence-corrected chi connectivity index (χ2v) is 10.2. The van der Waals surface area contributed by atoms with Gasteiger partial charge >= 0.3 is 0 Å². The highest BCUT2D eigenvalue weighted by molar-refractivity contribution is 7.19. The van der Waals surface area contributed by atoms with Gasteiger partial charge in [0.15, 0.2) is 0 Å². The van der Waals surface area contributed by atoms with Gasteiger partial charge in [-0.15, -0.1) is 10.2 Å². The number of carbonyl (C=O) groups is 2. The van der Waals surface area contributed by atoms with Crippen molar-refractivity contribution in [3.05, 3.63) is 0 Å². The van der Waals surface area contributed by atoms with Crippen LogP contribution in [-0.2, 0) is 9.59 Å². The Balaban J connectivity index is 1.26. The molecule has 166 valence electrons. The van der Waals surface area contributed by atoms with Gasteiger partial charge in [-0.3, -0.25) is 14.5 Å². The molecule has 0 saturated carbocycles. The highest BCUT2D eigenvalue weighted by Gasteiger charge is 2.34. The van der Waals surface area contributed by atoms with Gasteiger partial charge in [-0.05, 0) is 50.5 Å². The maximum atomic E-state index is 12.8. The molecule has 30 heavy (non-hydrogen) atoms. The molecule has 1 aromatic rings. The summed E-state index contributed by atoms with van der Waals surface area (Å²) in [6.07, 6.45) is 5.57. The predicted octanol–water partition coefficient (Wildman–Crippen LogP) is 2.12. The van der Waals surface area contributed by atoms with Crippen LogP contribution in [0.2, 0.25) is 0 Å². The van der Waals surface area contributed by atoms with Crippen LogP contribution < -0.4 is 15.1 Å². The van der Waals surface area contributed by atoms with Gasteiger partial charge in [0.25, 0.3) is 0 Å². The van der Waals surface area contributed by atoms with E-state index in [0.29, 0.717) is 24.6 Å². The quantitative estimate of drug-likeness (QED) is 0.662. The number of aromatic nitrogens is 2. The third-order valence-corrected chi connectivity index (χ3v) is 7.39. The summed E-state index contributed by atoms with van der Waals surface area (Å²) in [5.74, 6) is 1.74. The number of anilines is 2. The number of piperidine rings is 1. The smallest absolute Gasteiger partial charge is 0.242 e. The zero-order chi connectivity index (χ0) is 21.1. The summed E-state index contributed by atoms with van der Waals surface area (Å²) in [4.78, 5) is 31.1. The zero-order valence-electron chi connectivity index (χ0n) is 18.2. The molecule has 1 N–H and O–H groups in total. The highest BCUT2D eigenvalue weighted by Crippen LogP contribution is 2.33. The van der Waals surface area contributed by atoms with E-state index in [0.717, 1.165) is 55.7 Å². The van der Waals surface area contributed by atoms with Crippen LogP contribution in [0.1, 0.15) is 52.4 Å². The molecule has 3 aliphatic heterocycles. The second kappa shape index (κ2) is 9.60. The minimum absolute atomic E-state index is 0.0851. The Bertz CT molecular complexity index is 746. The number of nitrogens with zero attached hydrogens (tertiary/aromatic N) is 5. The van der Waals surface area contributed by atoms with Crippen molar-refractivity contribution in [2.24, 2.45) is 11.8 Å². The molecule has 1 aromatic heterocycles. The number of hydrogen-bond acceptors (Lipinski definition) is 7. The van der Waals surface area contributed by atoms with Crippen molar-refractivity contribution < 1.29 is 9.59 Å². The lowest BCUT2D eigenvalue weighted by Crippen LogP contribution is -2.44. The van der Waals surface area contributed by atoms with Crippen LogP contribution in [-0.4, -0.2) is 72.2 Å². The molecular formula is C21H34N6O2S. The molecule has 0 spiro atoms. The average Bonchev–Trinajstić information content (AvgIpc) is 3.43. The van der Waals surface area contributed by atoms with Crippen molar-refractivity contribution in [1.82, 2.24) is 20.4 Å². The van der Waals surface area contributed by atoms with E-state index in [1.165, 1.54) is 30.8 Å². The van der Waals surface area contributed by atoms with E-state index in [1.807, 2.05) is 0 Å². The number of likely N-dealkylation sites (tertiary alicyclic amines) is 1. The van der Waals surface area contributed by atoms with Gasteiger partial charge in [0, 0.05) is 39.1 Å². The van der Waals surface area contributed by atoms with E-state index in [2.05, 4.69) is 39.2 Å². The summed E-state index contributed by atoms with van der Waals surface area (Å²) in [5.41, 5.74) is 0. The third-order valence-electron chi connectivity index (χ3n) is 6.40. The maximum absolute atomic E-state index is 12.8. The first kappa shape index (κ1) is 21.5. The Morgan fingerprint density at radius 1 is 1.13 bits per heavy atom. The first-order chi connectivity index (χ1) is 14.5. The van der Waals surface area contributed by atoms with E-state index in [1.54, 1.807) is 4.90 Å². The number of hydrogen-bond donors (Lipinski definition) is 1. The van der Waals surface area contributed by atoms with Gasteiger partial charge in [-0.2, -0.15) is 0 Å². The van der Waals surface area contributed by atoms with Gasteiger partial charge in [0.05, 0.1) is 0 Å². The Kier molecular flexibility index (Phi) is 6.87. The standard InChI is InChI=1S/C21H34N6O2S/c1-15-12-16(2)14-25(13-15)9-5-8-22-19(29)17-6-3-10-26(17)20-23-24-21(30-20)27-11-4-7-18(27)28/h15-17H,3-14H2,1-2H3,(H,22,29). The van der Waals surface area contributed by atoms with Crippen molar-refractivity contribution in [3.63, 3.8) is 0 Å². The summed E-state index contributed by atoms with van der Waals surface area (Å²) < 4.78 is 0. The molecule has 0 radical (unpaired) electrons. The van der Waals surface area contributed by atoms with Crippen LogP contribution in [0.5, 0.6) is 0 Å². The van der Waals surface area contributed by atoms with Gasteiger partial charge in [-0.1, -0.05) is 25.2 Å². The Labute approximate surface area is 183 Å². The van der Waals surface area contributed by atoms with Crippen LogP contribution in [0.3, 0.4) is 0 Å². The zero-order valence-corrected chi connectivity index (χ0v) is 19.0. The molecular weight excluding hydrogens is 400 g/mol. The lowest BCUT2D eigenvalue weighted by Gasteiger charge is -2.35. The van der Waals surface area contributed by atoms with Gasteiger partial charge in [0.1, 0.15) is 6.04 Å². The fourth-order valence-corrected chi connectivity index (χ4v) is 6.12. The number of rotatable bonds is 7. The van der Waals surface area contributed by atoms with Crippen molar-refractivity contribution in [2.45, 2.75) is 58.4 Å². The fraction of sp³-hybridized carbons (Fsp3) is 0.810. The van der Waals surface area contributed by atoms with E-state index in [9.17, 15) is 9.59 Å². The number of carbonyl (C=O) groups excluding carboxylic acids is 2. The van der Waals surface area contributed by atoms with Gasteiger partial charge in [0.2, 0.25) is 22.1 Å². The van der Waals surface area contributed by atoms with Crippen LogP contribution in [0.25, 0.3) is 0 Å². The van der Waals surface area contributed by atoms with Gasteiger partial charge < -0.3 is 15.1 Å². The molecule has 3 fully saturated rings. The molecule has 0 aromatic carbocycles. The minimum Gasteiger partial charge on any atom is -0.354 e. The fourth-order valence-electron chi connectivity index (χ4n) is 5.16. The molecule has 0 bridgehead atoms. The first-order valence-electron chi connectivity index (χ1n) is 11.4. The van der Waals surface area contributed by atoms with Crippen molar-refractivity contribution in [1.29, 1.82) is 0 Å².